The van der Waals surface area contributed by atoms with Gasteiger partial charge in [0.05, 0.1) is 10.5 Å². The van der Waals surface area contributed by atoms with E-state index in [1.165, 1.54) is 0 Å². The maximum atomic E-state index is 12.2. The SMILES string of the molecule is O=Cc1cc(/C=C/C(=O)O)cc(OC(F)F)c1[N+](=O)[O-]. The van der Waals surface area contributed by atoms with E-state index in [1.54, 1.807) is 0 Å². The summed E-state index contributed by atoms with van der Waals surface area (Å²) in [6, 6.07) is 1.83. The van der Waals surface area contributed by atoms with Crippen LogP contribution in [0.25, 0.3) is 6.08 Å². The Morgan fingerprint density at radius 1 is 1.45 bits per heavy atom. The van der Waals surface area contributed by atoms with Gasteiger partial charge >= 0.3 is 18.3 Å². The molecule has 0 aliphatic rings. The molecule has 1 aromatic carbocycles. The average Bonchev–Trinajstić information content (AvgIpc) is 2.34. The first-order chi connectivity index (χ1) is 9.35. The summed E-state index contributed by atoms with van der Waals surface area (Å²) in [6.45, 7) is -3.33. The van der Waals surface area contributed by atoms with Crippen molar-refractivity contribution in [2.45, 2.75) is 6.61 Å². The number of nitro groups is 1. The molecule has 0 unspecified atom stereocenters. The van der Waals surface area contributed by atoms with Gasteiger partial charge in [-0.15, -0.1) is 0 Å². The van der Waals surface area contributed by atoms with E-state index in [4.69, 9.17) is 5.11 Å². The minimum atomic E-state index is -3.33. The summed E-state index contributed by atoms with van der Waals surface area (Å²) < 4.78 is 28.4. The Morgan fingerprint density at radius 2 is 2.10 bits per heavy atom. The summed E-state index contributed by atoms with van der Waals surface area (Å²) in [5, 5.41) is 19.2. The van der Waals surface area contributed by atoms with Gasteiger partial charge in [0.15, 0.2) is 6.29 Å². The highest BCUT2D eigenvalue weighted by Crippen LogP contribution is 2.33. The number of benzene rings is 1. The second-order valence-electron chi connectivity index (χ2n) is 3.38. The van der Waals surface area contributed by atoms with Gasteiger partial charge in [-0.05, 0) is 23.8 Å². The van der Waals surface area contributed by atoms with Crippen LogP contribution in [0.2, 0.25) is 0 Å². The van der Waals surface area contributed by atoms with Crippen LogP contribution in [0, 0.1) is 10.1 Å². The lowest BCUT2D eigenvalue weighted by Crippen LogP contribution is -2.06. The van der Waals surface area contributed by atoms with Crippen molar-refractivity contribution in [1.29, 1.82) is 0 Å². The smallest absolute Gasteiger partial charge is 0.387 e. The molecule has 0 bridgehead atoms. The second kappa shape index (κ2) is 6.36. The molecule has 1 rings (SSSR count). The number of carboxylic acids is 1. The maximum absolute atomic E-state index is 12.2. The third-order valence-electron chi connectivity index (χ3n) is 2.07. The maximum Gasteiger partial charge on any atom is 0.387 e. The Hall–Kier alpha value is -2.84. The van der Waals surface area contributed by atoms with Crippen LogP contribution < -0.4 is 4.74 Å². The zero-order valence-corrected chi connectivity index (χ0v) is 9.66. The Kier molecular flexibility index (Phi) is 4.84. The molecule has 0 aliphatic carbocycles. The van der Waals surface area contributed by atoms with E-state index < -0.39 is 34.5 Å². The summed E-state index contributed by atoms with van der Waals surface area (Å²) in [7, 11) is 0. The van der Waals surface area contributed by atoms with Crippen LogP contribution in [0.4, 0.5) is 14.5 Å². The monoisotopic (exact) mass is 287 g/mol. The van der Waals surface area contributed by atoms with E-state index in [0.717, 1.165) is 18.2 Å². The molecule has 0 spiro atoms. The predicted octanol–water partition coefficient (Wildman–Crippen LogP) is 2.11. The molecule has 9 heteroatoms. The van der Waals surface area contributed by atoms with Crippen molar-refractivity contribution in [2.24, 2.45) is 0 Å². The van der Waals surface area contributed by atoms with E-state index in [1.807, 2.05) is 0 Å². The first-order valence-corrected chi connectivity index (χ1v) is 4.98. The van der Waals surface area contributed by atoms with Gasteiger partial charge in [-0.1, -0.05) is 0 Å². The normalized spacial score (nSPS) is 10.8. The number of hydrogen-bond donors (Lipinski definition) is 1. The zero-order chi connectivity index (χ0) is 15.3. The largest absolute Gasteiger partial charge is 0.478 e. The molecule has 0 heterocycles. The molecule has 20 heavy (non-hydrogen) atoms. The predicted molar refractivity (Wildman–Crippen MR) is 61.8 cm³/mol. The molecule has 0 amide bonds. The molecule has 7 nitrogen and oxygen atoms in total. The number of ether oxygens (including phenoxy) is 1. The van der Waals surface area contributed by atoms with Gasteiger partial charge in [0.1, 0.15) is 0 Å². The van der Waals surface area contributed by atoms with Crippen LogP contribution in [-0.4, -0.2) is 28.9 Å². The van der Waals surface area contributed by atoms with Gasteiger partial charge < -0.3 is 9.84 Å². The lowest BCUT2D eigenvalue weighted by atomic mass is 10.1. The molecule has 1 N–H and O–H groups in total. The zero-order valence-electron chi connectivity index (χ0n) is 9.66. The van der Waals surface area contributed by atoms with Crippen LogP contribution in [0.1, 0.15) is 15.9 Å². The van der Waals surface area contributed by atoms with Gasteiger partial charge in [-0.2, -0.15) is 8.78 Å². The number of halogens is 2. The van der Waals surface area contributed by atoms with E-state index in [2.05, 4.69) is 4.74 Å². The molecule has 0 fully saturated rings. The number of rotatable bonds is 6. The number of aliphatic carboxylic acids is 1. The third-order valence-corrected chi connectivity index (χ3v) is 2.07. The second-order valence-corrected chi connectivity index (χ2v) is 3.38. The van der Waals surface area contributed by atoms with Crippen LogP contribution in [0.5, 0.6) is 5.75 Å². The van der Waals surface area contributed by atoms with Crippen molar-refractivity contribution in [1.82, 2.24) is 0 Å². The summed E-state index contributed by atoms with van der Waals surface area (Å²) in [4.78, 5) is 30.9. The molecule has 0 saturated carbocycles. The van der Waals surface area contributed by atoms with E-state index >= 15 is 0 Å². The number of nitro benzene ring substituents is 1. The number of carbonyl (C=O) groups is 2. The van der Waals surface area contributed by atoms with Crippen LogP contribution in [-0.2, 0) is 4.79 Å². The fourth-order valence-electron chi connectivity index (χ4n) is 1.39. The van der Waals surface area contributed by atoms with E-state index in [-0.39, 0.29) is 11.8 Å². The number of aldehydes is 1. The summed E-state index contributed by atoms with van der Waals surface area (Å²) in [6.07, 6.45) is 1.76. The molecule has 0 atom stereocenters. The van der Waals surface area contributed by atoms with E-state index in [0.29, 0.717) is 6.08 Å². The molecule has 0 saturated heterocycles. The summed E-state index contributed by atoms with van der Waals surface area (Å²) >= 11 is 0. The highest BCUT2D eigenvalue weighted by molar-refractivity contribution is 5.88. The molecular weight excluding hydrogens is 280 g/mol. The number of alkyl halides is 2. The van der Waals surface area contributed by atoms with Gasteiger partial charge in [0.2, 0.25) is 5.75 Å². The third kappa shape index (κ3) is 3.83. The fraction of sp³-hybridized carbons (Fsp3) is 0.0909. The van der Waals surface area contributed by atoms with Crippen LogP contribution >= 0.6 is 0 Å². The standard InChI is InChI=1S/C11H7F2NO6/c12-11(13)20-8-4-6(1-2-9(16)17)3-7(5-15)10(8)14(18)19/h1-5,11H,(H,16,17)/b2-1+. The number of hydrogen-bond acceptors (Lipinski definition) is 5. The van der Waals surface area contributed by atoms with Gasteiger partial charge in [-0.25, -0.2) is 4.79 Å². The fourth-order valence-corrected chi connectivity index (χ4v) is 1.39. The first kappa shape index (κ1) is 15.2. The van der Waals surface area contributed by atoms with Crippen molar-refractivity contribution >= 4 is 24.0 Å². The van der Waals surface area contributed by atoms with Crippen molar-refractivity contribution in [2.75, 3.05) is 0 Å². The number of carboxylic acid groups (broad SMARTS) is 1. The Morgan fingerprint density at radius 3 is 2.55 bits per heavy atom. The highest BCUT2D eigenvalue weighted by Gasteiger charge is 2.24. The van der Waals surface area contributed by atoms with Gasteiger partial charge in [-0.3, -0.25) is 14.9 Å². The first-order valence-electron chi connectivity index (χ1n) is 4.98. The molecule has 0 aliphatic heterocycles. The van der Waals surface area contributed by atoms with Crippen molar-refractivity contribution in [3.05, 3.63) is 39.4 Å². The van der Waals surface area contributed by atoms with Crippen molar-refractivity contribution < 1.29 is 33.1 Å². The minimum absolute atomic E-state index is 0.00394. The molecule has 106 valence electrons. The number of carbonyl (C=O) groups excluding carboxylic acids is 1. The lowest BCUT2D eigenvalue weighted by molar-refractivity contribution is -0.386. The number of nitrogens with zero attached hydrogens (tertiary/aromatic N) is 1. The molecule has 0 aromatic heterocycles. The quantitative estimate of drug-likeness (QED) is 0.371. The van der Waals surface area contributed by atoms with Crippen LogP contribution in [0.3, 0.4) is 0 Å². The molecule has 1 aromatic rings. The van der Waals surface area contributed by atoms with Gasteiger partial charge in [0.25, 0.3) is 0 Å². The van der Waals surface area contributed by atoms with E-state index in [9.17, 15) is 28.5 Å². The van der Waals surface area contributed by atoms with Crippen molar-refractivity contribution in [3.8, 4) is 5.75 Å². The van der Waals surface area contributed by atoms with Crippen LogP contribution in [0.15, 0.2) is 18.2 Å². The molecule has 0 radical (unpaired) electrons. The highest BCUT2D eigenvalue weighted by atomic mass is 19.3. The Bertz CT molecular complexity index is 585. The topological polar surface area (TPSA) is 107 Å². The lowest BCUT2D eigenvalue weighted by Gasteiger charge is -2.07. The Labute approximate surface area is 110 Å². The Balaban J connectivity index is 3.42. The summed E-state index contributed by atoms with van der Waals surface area (Å²) in [5.41, 5.74) is -1.42. The van der Waals surface area contributed by atoms with Crippen molar-refractivity contribution in [3.63, 3.8) is 0 Å². The molecular formula is C11H7F2NO6. The summed E-state index contributed by atoms with van der Waals surface area (Å²) in [5.74, 6) is -2.13. The van der Waals surface area contributed by atoms with Gasteiger partial charge in [0, 0.05) is 6.08 Å². The average molecular weight is 287 g/mol. The minimum Gasteiger partial charge on any atom is -0.478 e.